The molecule has 0 atom stereocenters. The van der Waals surface area contributed by atoms with Crippen LogP contribution in [0.15, 0.2) is 72.3 Å². The molecule has 30 heavy (non-hydrogen) atoms. The van der Waals surface area contributed by atoms with Crippen molar-refractivity contribution < 1.29 is 9.53 Å². The summed E-state index contributed by atoms with van der Waals surface area (Å²) in [4.78, 5) is 12.5. The summed E-state index contributed by atoms with van der Waals surface area (Å²) in [5, 5.41) is 13.4. The minimum absolute atomic E-state index is 0.121. The van der Waals surface area contributed by atoms with Crippen molar-refractivity contribution in [2.75, 3.05) is 5.32 Å². The summed E-state index contributed by atoms with van der Waals surface area (Å²) in [5.41, 5.74) is 1.70. The first-order valence-electron chi connectivity index (χ1n) is 8.81. The molecular weight excluding hydrogens is 443 g/mol. The number of nitrogens with zero attached hydrogens (tertiary/aromatic N) is 1. The van der Waals surface area contributed by atoms with E-state index in [-0.39, 0.29) is 17.2 Å². The third-order valence-corrected chi connectivity index (χ3v) is 4.74. The third-order valence-electron chi connectivity index (χ3n) is 4.01. The topological polar surface area (TPSA) is 62.1 Å². The molecule has 0 spiro atoms. The van der Waals surface area contributed by atoms with E-state index in [0.717, 1.165) is 5.56 Å². The zero-order chi connectivity index (χ0) is 21.5. The minimum Gasteiger partial charge on any atom is -0.487 e. The molecule has 0 fully saturated rings. The van der Waals surface area contributed by atoms with Gasteiger partial charge in [-0.05, 0) is 48.0 Å². The highest BCUT2D eigenvalue weighted by molar-refractivity contribution is 6.36. The van der Waals surface area contributed by atoms with E-state index in [1.165, 1.54) is 12.1 Å². The molecule has 0 heterocycles. The minimum atomic E-state index is -0.555. The van der Waals surface area contributed by atoms with Gasteiger partial charge in [-0.2, -0.15) is 5.26 Å². The highest BCUT2D eigenvalue weighted by atomic mass is 35.5. The van der Waals surface area contributed by atoms with Crippen molar-refractivity contribution in [1.29, 1.82) is 5.26 Å². The zero-order valence-corrected chi connectivity index (χ0v) is 17.8. The van der Waals surface area contributed by atoms with Gasteiger partial charge in [0.2, 0.25) is 0 Å². The molecule has 4 nitrogen and oxygen atoms in total. The maximum absolute atomic E-state index is 12.5. The Labute approximate surface area is 189 Å². The van der Waals surface area contributed by atoms with E-state index >= 15 is 0 Å². The molecule has 1 amide bonds. The lowest BCUT2D eigenvalue weighted by Gasteiger charge is -2.13. The number of hydrogen-bond donors (Lipinski definition) is 1. The fourth-order valence-corrected chi connectivity index (χ4v) is 3.42. The van der Waals surface area contributed by atoms with Gasteiger partial charge < -0.3 is 10.1 Å². The lowest BCUT2D eigenvalue weighted by atomic mass is 10.1. The van der Waals surface area contributed by atoms with Crippen LogP contribution in [0.4, 0.5) is 5.69 Å². The van der Waals surface area contributed by atoms with Gasteiger partial charge in [0.1, 0.15) is 24.0 Å². The number of carbonyl (C=O) groups is 1. The first-order valence-corrected chi connectivity index (χ1v) is 9.94. The standard InChI is InChI=1S/C23H15Cl3N2O2/c24-18-6-4-5-15(9-18)14-30-22-16(11-19(25)12-21(22)26)10-17(13-27)23(29)28-20-7-2-1-3-8-20/h1-12H,14H2,(H,28,29)/b17-10+. The van der Waals surface area contributed by atoms with E-state index in [1.54, 1.807) is 42.5 Å². The summed E-state index contributed by atoms with van der Waals surface area (Å²) in [6.07, 6.45) is 1.39. The van der Waals surface area contributed by atoms with Gasteiger partial charge in [0.25, 0.3) is 5.91 Å². The van der Waals surface area contributed by atoms with Crippen molar-refractivity contribution in [2.45, 2.75) is 6.61 Å². The Kier molecular flexibility index (Phi) is 7.37. The maximum atomic E-state index is 12.5. The van der Waals surface area contributed by atoms with Gasteiger partial charge >= 0.3 is 0 Å². The van der Waals surface area contributed by atoms with E-state index in [9.17, 15) is 10.1 Å². The molecule has 3 aromatic rings. The summed E-state index contributed by atoms with van der Waals surface area (Å²) in [7, 11) is 0. The van der Waals surface area contributed by atoms with Crippen molar-refractivity contribution in [3.8, 4) is 11.8 Å². The van der Waals surface area contributed by atoms with Crippen molar-refractivity contribution in [1.82, 2.24) is 0 Å². The molecule has 0 saturated heterocycles. The molecule has 3 rings (SSSR count). The summed E-state index contributed by atoms with van der Waals surface area (Å²) >= 11 is 18.5. The first-order chi connectivity index (χ1) is 14.5. The molecule has 150 valence electrons. The number of hydrogen-bond acceptors (Lipinski definition) is 3. The number of rotatable bonds is 6. The van der Waals surface area contributed by atoms with Gasteiger partial charge in [-0.15, -0.1) is 0 Å². The molecule has 0 radical (unpaired) electrons. The Morgan fingerprint density at radius 1 is 1.00 bits per heavy atom. The number of ether oxygens (including phenoxy) is 1. The largest absolute Gasteiger partial charge is 0.487 e. The molecule has 0 bridgehead atoms. The third kappa shape index (κ3) is 5.77. The quantitative estimate of drug-likeness (QED) is 0.328. The van der Waals surface area contributed by atoms with E-state index in [1.807, 2.05) is 24.3 Å². The normalized spacial score (nSPS) is 10.9. The number of halogens is 3. The second kappa shape index (κ2) is 10.2. The molecule has 0 unspecified atom stereocenters. The molecule has 7 heteroatoms. The van der Waals surface area contributed by atoms with Crippen LogP contribution < -0.4 is 10.1 Å². The molecular formula is C23H15Cl3N2O2. The Balaban J connectivity index is 1.89. The van der Waals surface area contributed by atoms with Crippen molar-refractivity contribution >= 4 is 52.5 Å². The number of para-hydroxylation sites is 1. The lowest BCUT2D eigenvalue weighted by molar-refractivity contribution is -0.112. The van der Waals surface area contributed by atoms with Gasteiger partial charge in [-0.25, -0.2) is 0 Å². The number of amides is 1. The smallest absolute Gasteiger partial charge is 0.266 e. The van der Waals surface area contributed by atoms with Crippen molar-refractivity contribution in [3.05, 3.63) is 98.5 Å². The van der Waals surface area contributed by atoms with Gasteiger partial charge in [0.15, 0.2) is 0 Å². The number of carbonyl (C=O) groups excluding carboxylic acids is 1. The fraction of sp³-hybridized carbons (Fsp3) is 0.0435. The fourth-order valence-electron chi connectivity index (χ4n) is 2.65. The zero-order valence-electron chi connectivity index (χ0n) is 15.5. The van der Waals surface area contributed by atoms with E-state index < -0.39 is 5.91 Å². The maximum Gasteiger partial charge on any atom is 0.266 e. The second-order valence-electron chi connectivity index (χ2n) is 6.21. The molecule has 1 N–H and O–H groups in total. The van der Waals surface area contributed by atoms with Crippen LogP contribution in [0.5, 0.6) is 5.75 Å². The van der Waals surface area contributed by atoms with Crippen LogP contribution in [0.2, 0.25) is 15.1 Å². The predicted molar refractivity (Wildman–Crippen MR) is 121 cm³/mol. The van der Waals surface area contributed by atoms with Gasteiger partial charge in [0, 0.05) is 21.3 Å². The molecule has 0 aliphatic carbocycles. The summed E-state index contributed by atoms with van der Waals surface area (Å²) < 4.78 is 5.87. The van der Waals surface area contributed by atoms with Crippen LogP contribution >= 0.6 is 34.8 Å². The Hall–Kier alpha value is -2.97. The van der Waals surface area contributed by atoms with Gasteiger partial charge in [-0.3, -0.25) is 4.79 Å². The average Bonchev–Trinajstić information content (AvgIpc) is 2.72. The number of nitriles is 1. The summed E-state index contributed by atoms with van der Waals surface area (Å²) in [6.45, 7) is 0.195. The average molecular weight is 458 g/mol. The molecule has 0 saturated carbocycles. The Morgan fingerprint density at radius 2 is 1.77 bits per heavy atom. The number of anilines is 1. The van der Waals surface area contributed by atoms with Crippen molar-refractivity contribution in [3.63, 3.8) is 0 Å². The summed E-state index contributed by atoms with van der Waals surface area (Å²) in [6, 6.07) is 21.1. The van der Waals surface area contributed by atoms with E-state index in [4.69, 9.17) is 39.5 Å². The Morgan fingerprint density at radius 3 is 2.47 bits per heavy atom. The molecule has 0 aliphatic rings. The molecule has 0 aromatic heterocycles. The lowest BCUT2D eigenvalue weighted by Crippen LogP contribution is -2.13. The van der Waals surface area contributed by atoms with Crippen LogP contribution in [0.3, 0.4) is 0 Å². The van der Waals surface area contributed by atoms with Crippen LogP contribution in [0.25, 0.3) is 6.08 Å². The van der Waals surface area contributed by atoms with E-state index in [0.29, 0.717) is 27.0 Å². The van der Waals surface area contributed by atoms with Crippen LogP contribution in [-0.4, -0.2) is 5.91 Å². The number of benzene rings is 3. The SMILES string of the molecule is N#C/C(=C\c1cc(Cl)cc(Cl)c1OCc1cccc(Cl)c1)C(=O)Nc1ccccc1. The number of nitrogens with one attached hydrogen (secondary N) is 1. The molecule has 3 aromatic carbocycles. The van der Waals surface area contributed by atoms with Crippen molar-refractivity contribution in [2.24, 2.45) is 0 Å². The van der Waals surface area contributed by atoms with Crippen LogP contribution in [0, 0.1) is 11.3 Å². The van der Waals surface area contributed by atoms with Crippen LogP contribution in [0.1, 0.15) is 11.1 Å². The van der Waals surface area contributed by atoms with Gasteiger partial charge in [-0.1, -0.05) is 65.1 Å². The second-order valence-corrected chi connectivity index (χ2v) is 7.49. The predicted octanol–water partition coefficient (Wildman–Crippen LogP) is 6.77. The first kappa shape index (κ1) is 21.7. The highest BCUT2D eigenvalue weighted by Gasteiger charge is 2.15. The van der Waals surface area contributed by atoms with Gasteiger partial charge in [0.05, 0.1) is 5.02 Å². The molecule has 0 aliphatic heterocycles. The Bertz CT molecular complexity index is 1140. The van der Waals surface area contributed by atoms with Crippen LogP contribution in [-0.2, 0) is 11.4 Å². The monoisotopic (exact) mass is 456 g/mol. The van der Waals surface area contributed by atoms with E-state index in [2.05, 4.69) is 5.32 Å². The highest BCUT2D eigenvalue weighted by Crippen LogP contribution is 2.34. The summed E-state index contributed by atoms with van der Waals surface area (Å²) in [5.74, 6) is -0.248.